The van der Waals surface area contributed by atoms with Crippen molar-refractivity contribution in [3.8, 4) is 11.4 Å². The van der Waals surface area contributed by atoms with E-state index in [2.05, 4.69) is 15.5 Å². The van der Waals surface area contributed by atoms with Crippen LogP contribution in [0.15, 0.2) is 53.7 Å². The first-order chi connectivity index (χ1) is 14.9. The molecule has 31 heavy (non-hydrogen) atoms. The number of benzene rings is 2. The minimum absolute atomic E-state index is 0.0205. The lowest BCUT2D eigenvalue weighted by Gasteiger charge is -2.26. The van der Waals surface area contributed by atoms with Crippen molar-refractivity contribution in [3.05, 3.63) is 64.9 Å². The van der Waals surface area contributed by atoms with E-state index in [4.69, 9.17) is 16.3 Å². The molecule has 3 rings (SSSR count). The van der Waals surface area contributed by atoms with Crippen molar-refractivity contribution in [2.45, 2.75) is 18.1 Å². The standard InChI is InChI=1S/C22H26ClN5O2S/c1-15-25-26-22(28(15)16-9-11-17(30-4)12-10-16)31-14-21(29)24-13-20(27(2)3)18-7-5-6-8-19(18)23/h5-12,20H,13-14H2,1-4H3,(H,24,29). The summed E-state index contributed by atoms with van der Waals surface area (Å²) in [7, 11) is 5.57. The first kappa shape index (κ1) is 23.1. The summed E-state index contributed by atoms with van der Waals surface area (Å²) >= 11 is 7.69. The lowest BCUT2D eigenvalue weighted by Crippen LogP contribution is -2.35. The molecule has 1 aromatic heterocycles. The van der Waals surface area contributed by atoms with Crippen molar-refractivity contribution >= 4 is 29.3 Å². The highest BCUT2D eigenvalue weighted by molar-refractivity contribution is 7.99. The molecule has 0 bridgehead atoms. The third-order valence-corrected chi connectivity index (χ3v) is 6.11. The third kappa shape index (κ3) is 5.78. The Morgan fingerprint density at radius 3 is 2.55 bits per heavy atom. The zero-order chi connectivity index (χ0) is 22.4. The van der Waals surface area contributed by atoms with E-state index in [-0.39, 0.29) is 17.7 Å². The van der Waals surface area contributed by atoms with Gasteiger partial charge in [0, 0.05) is 17.3 Å². The number of aryl methyl sites for hydroxylation is 1. The number of nitrogens with zero attached hydrogens (tertiary/aromatic N) is 4. The van der Waals surface area contributed by atoms with Crippen molar-refractivity contribution in [1.82, 2.24) is 25.0 Å². The van der Waals surface area contributed by atoms with Crippen molar-refractivity contribution < 1.29 is 9.53 Å². The van der Waals surface area contributed by atoms with Crippen molar-refractivity contribution in [2.75, 3.05) is 33.5 Å². The van der Waals surface area contributed by atoms with Crippen LogP contribution in [0.2, 0.25) is 5.02 Å². The molecule has 0 saturated carbocycles. The number of halogens is 1. The van der Waals surface area contributed by atoms with Crippen molar-refractivity contribution in [3.63, 3.8) is 0 Å². The van der Waals surface area contributed by atoms with Gasteiger partial charge in [-0.25, -0.2) is 0 Å². The second kappa shape index (κ2) is 10.7. The van der Waals surface area contributed by atoms with Gasteiger partial charge >= 0.3 is 0 Å². The van der Waals surface area contributed by atoms with Gasteiger partial charge in [0.25, 0.3) is 0 Å². The molecule has 0 saturated heterocycles. The van der Waals surface area contributed by atoms with Gasteiger partial charge in [0.1, 0.15) is 11.6 Å². The number of carbonyl (C=O) groups excluding carboxylic acids is 1. The van der Waals surface area contributed by atoms with Crippen LogP contribution in [-0.2, 0) is 4.79 Å². The van der Waals surface area contributed by atoms with Crippen LogP contribution in [0.3, 0.4) is 0 Å². The smallest absolute Gasteiger partial charge is 0.230 e. The number of nitrogens with one attached hydrogen (secondary N) is 1. The maximum absolute atomic E-state index is 12.5. The molecule has 0 radical (unpaired) electrons. The first-order valence-corrected chi connectivity index (χ1v) is 11.1. The van der Waals surface area contributed by atoms with E-state index in [1.54, 1.807) is 7.11 Å². The fourth-order valence-corrected chi connectivity index (χ4v) is 4.26. The molecule has 1 unspecified atom stereocenters. The maximum Gasteiger partial charge on any atom is 0.230 e. The van der Waals surface area contributed by atoms with Gasteiger partial charge in [0.2, 0.25) is 5.91 Å². The Bertz CT molecular complexity index is 1020. The Morgan fingerprint density at radius 1 is 1.19 bits per heavy atom. The summed E-state index contributed by atoms with van der Waals surface area (Å²) in [5, 5.41) is 12.8. The van der Waals surface area contributed by atoms with Crippen LogP contribution in [0, 0.1) is 6.92 Å². The predicted octanol–water partition coefficient (Wildman–Crippen LogP) is 3.75. The van der Waals surface area contributed by atoms with Gasteiger partial charge in [-0.1, -0.05) is 41.6 Å². The first-order valence-electron chi connectivity index (χ1n) is 9.77. The summed E-state index contributed by atoms with van der Waals surface area (Å²) in [6.07, 6.45) is 0. The van der Waals surface area contributed by atoms with Crippen LogP contribution in [0.4, 0.5) is 0 Å². The monoisotopic (exact) mass is 459 g/mol. The highest BCUT2D eigenvalue weighted by Crippen LogP contribution is 2.26. The fourth-order valence-electron chi connectivity index (χ4n) is 3.17. The highest BCUT2D eigenvalue weighted by atomic mass is 35.5. The molecule has 164 valence electrons. The zero-order valence-corrected chi connectivity index (χ0v) is 19.6. The SMILES string of the molecule is COc1ccc(-n2c(C)nnc2SCC(=O)NCC(c2ccccc2Cl)N(C)C)cc1. The predicted molar refractivity (Wildman–Crippen MR) is 124 cm³/mol. The quantitative estimate of drug-likeness (QED) is 0.491. The number of rotatable bonds is 9. The molecule has 0 fully saturated rings. The van der Waals surface area contributed by atoms with Gasteiger partial charge in [0.15, 0.2) is 5.16 Å². The number of ether oxygens (including phenoxy) is 1. The van der Waals surface area contributed by atoms with E-state index in [0.717, 1.165) is 22.8 Å². The molecule has 1 amide bonds. The molecule has 0 spiro atoms. The molecule has 2 aromatic carbocycles. The number of likely N-dealkylation sites (N-methyl/N-ethyl adjacent to an activating group) is 1. The second-order valence-electron chi connectivity index (χ2n) is 7.16. The van der Waals surface area contributed by atoms with E-state index in [0.29, 0.717) is 16.7 Å². The van der Waals surface area contributed by atoms with Gasteiger partial charge in [-0.05, 0) is 56.9 Å². The van der Waals surface area contributed by atoms with Crippen LogP contribution in [0.5, 0.6) is 5.75 Å². The largest absolute Gasteiger partial charge is 0.497 e. The van der Waals surface area contributed by atoms with Crippen LogP contribution >= 0.6 is 23.4 Å². The normalized spacial score (nSPS) is 12.1. The number of hydrogen-bond donors (Lipinski definition) is 1. The molecule has 7 nitrogen and oxygen atoms in total. The Morgan fingerprint density at radius 2 is 1.90 bits per heavy atom. The van der Waals surface area contributed by atoms with Gasteiger partial charge < -0.3 is 15.0 Å². The Balaban J connectivity index is 1.63. The third-order valence-electron chi connectivity index (χ3n) is 4.84. The summed E-state index contributed by atoms with van der Waals surface area (Å²) in [4.78, 5) is 14.6. The Kier molecular flexibility index (Phi) is 7.95. The minimum Gasteiger partial charge on any atom is -0.497 e. The van der Waals surface area contributed by atoms with E-state index in [1.807, 2.05) is 79.0 Å². The average molecular weight is 460 g/mol. The molecule has 1 atom stereocenters. The molecule has 0 aliphatic carbocycles. The summed E-state index contributed by atoms with van der Waals surface area (Å²) in [5.41, 5.74) is 1.90. The van der Waals surface area contributed by atoms with Crippen molar-refractivity contribution in [2.24, 2.45) is 0 Å². The molecular formula is C22H26ClN5O2S. The van der Waals surface area contributed by atoms with E-state index in [9.17, 15) is 4.79 Å². The van der Waals surface area contributed by atoms with E-state index >= 15 is 0 Å². The van der Waals surface area contributed by atoms with Gasteiger partial charge in [-0.2, -0.15) is 0 Å². The molecule has 3 aromatic rings. The van der Waals surface area contributed by atoms with Crippen LogP contribution in [0.25, 0.3) is 5.69 Å². The summed E-state index contributed by atoms with van der Waals surface area (Å²) < 4.78 is 7.14. The van der Waals surface area contributed by atoms with Crippen molar-refractivity contribution in [1.29, 1.82) is 0 Å². The maximum atomic E-state index is 12.5. The number of amides is 1. The second-order valence-corrected chi connectivity index (χ2v) is 8.51. The van der Waals surface area contributed by atoms with E-state index < -0.39 is 0 Å². The van der Waals surface area contributed by atoms with Gasteiger partial charge in [-0.15, -0.1) is 10.2 Å². The molecule has 1 N–H and O–H groups in total. The van der Waals surface area contributed by atoms with Gasteiger partial charge in [0.05, 0.1) is 18.9 Å². The lowest BCUT2D eigenvalue weighted by atomic mass is 10.1. The lowest BCUT2D eigenvalue weighted by molar-refractivity contribution is -0.118. The highest BCUT2D eigenvalue weighted by Gasteiger charge is 2.19. The Labute approximate surface area is 191 Å². The number of carbonyl (C=O) groups is 1. The zero-order valence-electron chi connectivity index (χ0n) is 18.0. The summed E-state index contributed by atoms with van der Waals surface area (Å²) in [6.45, 7) is 2.34. The summed E-state index contributed by atoms with van der Waals surface area (Å²) in [6, 6.07) is 15.3. The molecule has 1 heterocycles. The number of hydrogen-bond acceptors (Lipinski definition) is 6. The summed E-state index contributed by atoms with van der Waals surface area (Å²) in [5.74, 6) is 1.68. The number of thioether (sulfide) groups is 1. The Hall–Kier alpha value is -2.55. The van der Waals surface area contributed by atoms with Crippen LogP contribution < -0.4 is 10.1 Å². The van der Waals surface area contributed by atoms with Gasteiger partial charge in [-0.3, -0.25) is 9.36 Å². The van der Waals surface area contributed by atoms with Crippen LogP contribution in [0.1, 0.15) is 17.4 Å². The topological polar surface area (TPSA) is 72.3 Å². The number of methoxy groups -OCH3 is 1. The average Bonchev–Trinajstić information content (AvgIpc) is 3.13. The number of aromatic nitrogens is 3. The minimum atomic E-state index is -0.0779. The molecule has 0 aliphatic rings. The molecule has 0 aliphatic heterocycles. The van der Waals surface area contributed by atoms with Crippen LogP contribution in [-0.4, -0.2) is 59.1 Å². The fraction of sp³-hybridized carbons (Fsp3) is 0.318. The molecular weight excluding hydrogens is 434 g/mol. The molecule has 9 heteroatoms. The van der Waals surface area contributed by atoms with E-state index in [1.165, 1.54) is 11.8 Å².